The molecular weight excluding hydrogens is 308 g/mol. The molecule has 0 atom stereocenters. The van der Waals surface area contributed by atoms with E-state index < -0.39 is 0 Å². The molecular formula is C17H16N4OS. The molecule has 23 heavy (non-hydrogen) atoms. The van der Waals surface area contributed by atoms with Crippen molar-refractivity contribution in [3.05, 3.63) is 48.0 Å². The Morgan fingerprint density at radius 2 is 1.83 bits per heavy atom. The summed E-state index contributed by atoms with van der Waals surface area (Å²) in [5.74, 6) is 0.0458. The van der Waals surface area contributed by atoms with E-state index in [0.29, 0.717) is 10.7 Å². The summed E-state index contributed by atoms with van der Waals surface area (Å²) < 4.78 is 0.939. The molecule has 0 bridgehead atoms. The van der Waals surface area contributed by atoms with Crippen LogP contribution in [0.4, 0.5) is 16.5 Å². The number of ketones is 1. The summed E-state index contributed by atoms with van der Waals surface area (Å²) in [6.07, 6.45) is 0. The molecule has 3 aromatic rings. The van der Waals surface area contributed by atoms with Crippen LogP contribution in [0.1, 0.15) is 17.3 Å². The molecule has 0 amide bonds. The molecule has 0 aliphatic rings. The number of fused-ring (bicyclic) bond motifs is 1. The lowest BCUT2D eigenvalue weighted by Gasteiger charge is -2.11. The second kappa shape index (κ2) is 6.26. The third kappa shape index (κ3) is 3.43. The topological polar surface area (TPSA) is 57.9 Å². The summed E-state index contributed by atoms with van der Waals surface area (Å²) >= 11 is 1.42. The Labute approximate surface area is 138 Å². The van der Waals surface area contributed by atoms with Crippen LogP contribution < -0.4 is 4.90 Å². The number of hydrogen-bond donors (Lipinski definition) is 0. The Morgan fingerprint density at radius 3 is 2.48 bits per heavy atom. The van der Waals surface area contributed by atoms with Crippen LogP contribution in [0.3, 0.4) is 0 Å². The van der Waals surface area contributed by atoms with Gasteiger partial charge in [0.15, 0.2) is 5.78 Å². The standard InChI is InChI=1S/C17H16N4OS/c1-11(22)12-4-9-15-16(10-12)23-17(18-15)20-19-13-5-7-14(8-6-13)21(2)3/h4-10H,1-3H3/b20-19+. The minimum atomic E-state index is 0.0458. The molecule has 116 valence electrons. The highest BCUT2D eigenvalue weighted by Crippen LogP contribution is 2.30. The van der Waals surface area contributed by atoms with Crippen LogP contribution in [0.5, 0.6) is 0 Å². The fourth-order valence-electron chi connectivity index (χ4n) is 2.09. The summed E-state index contributed by atoms with van der Waals surface area (Å²) in [6, 6.07) is 13.3. The Morgan fingerprint density at radius 1 is 1.09 bits per heavy atom. The molecule has 3 rings (SSSR count). The lowest BCUT2D eigenvalue weighted by atomic mass is 10.1. The van der Waals surface area contributed by atoms with Crippen molar-refractivity contribution in [2.45, 2.75) is 6.92 Å². The molecule has 2 aromatic carbocycles. The van der Waals surface area contributed by atoms with Crippen LogP contribution in [0.2, 0.25) is 0 Å². The van der Waals surface area contributed by atoms with Crippen LogP contribution >= 0.6 is 11.3 Å². The molecule has 0 spiro atoms. The summed E-state index contributed by atoms with van der Waals surface area (Å²) in [5.41, 5.74) is 3.40. The number of aromatic nitrogens is 1. The van der Waals surface area contributed by atoms with Gasteiger partial charge in [0.25, 0.3) is 0 Å². The molecule has 0 N–H and O–H groups in total. The number of hydrogen-bond acceptors (Lipinski definition) is 6. The number of anilines is 1. The smallest absolute Gasteiger partial charge is 0.231 e. The maximum Gasteiger partial charge on any atom is 0.231 e. The van der Waals surface area contributed by atoms with E-state index in [0.717, 1.165) is 21.6 Å². The molecule has 0 aliphatic heterocycles. The Balaban J connectivity index is 1.84. The first-order chi connectivity index (χ1) is 11.0. The van der Waals surface area contributed by atoms with Gasteiger partial charge < -0.3 is 4.90 Å². The van der Waals surface area contributed by atoms with Gasteiger partial charge in [0, 0.05) is 25.3 Å². The normalized spacial score (nSPS) is 11.3. The van der Waals surface area contributed by atoms with E-state index in [4.69, 9.17) is 0 Å². The summed E-state index contributed by atoms with van der Waals surface area (Å²) in [7, 11) is 3.99. The van der Waals surface area contributed by atoms with Crippen LogP contribution in [0.15, 0.2) is 52.7 Å². The molecule has 5 nitrogen and oxygen atoms in total. The summed E-state index contributed by atoms with van der Waals surface area (Å²) in [5, 5.41) is 8.99. The van der Waals surface area contributed by atoms with Crippen molar-refractivity contribution in [3.63, 3.8) is 0 Å². The maximum absolute atomic E-state index is 11.4. The number of rotatable bonds is 4. The molecule has 0 saturated heterocycles. The second-order valence-corrected chi connectivity index (χ2v) is 6.36. The van der Waals surface area contributed by atoms with E-state index in [9.17, 15) is 4.79 Å². The van der Waals surface area contributed by atoms with Crippen molar-refractivity contribution in [3.8, 4) is 0 Å². The molecule has 0 radical (unpaired) electrons. The Bertz CT molecular complexity index is 881. The molecule has 1 heterocycles. The third-order valence-corrected chi connectivity index (χ3v) is 4.30. The van der Waals surface area contributed by atoms with Gasteiger partial charge in [-0.2, -0.15) is 0 Å². The van der Waals surface area contributed by atoms with Crippen molar-refractivity contribution in [2.24, 2.45) is 10.2 Å². The van der Waals surface area contributed by atoms with Crippen molar-refractivity contribution >= 4 is 43.8 Å². The minimum Gasteiger partial charge on any atom is -0.378 e. The van der Waals surface area contributed by atoms with Gasteiger partial charge in [0.2, 0.25) is 5.13 Å². The van der Waals surface area contributed by atoms with Crippen molar-refractivity contribution < 1.29 is 4.79 Å². The van der Waals surface area contributed by atoms with Gasteiger partial charge in [-0.05, 0) is 49.4 Å². The van der Waals surface area contributed by atoms with E-state index in [-0.39, 0.29) is 5.78 Å². The van der Waals surface area contributed by atoms with Crippen LogP contribution in [0, 0.1) is 0 Å². The fourth-order valence-corrected chi connectivity index (χ4v) is 2.92. The summed E-state index contributed by atoms with van der Waals surface area (Å²) in [4.78, 5) is 17.9. The highest BCUT2D eigenvalue weighted by atomic mass is 32.1. The molecule has 0 fully saturated rings. The fraction of sp³-hybridized carbons (Fsp3) is 0.176. The summed E-state index contributed by atoms with van der Waals surface area (Å²) in [6.45, 7) is 1.56. The van der Waals surface area contributed by atoms with Crippen LogP contribution in [-0.4, -0.2) is 24.9 Å². The number of Topliss-reactive ketones (excluding diaryl/α,β-unsaturated/α-hetero) is 1. The minimum absolute atomic E-state index is 0.0458. The predicted molar refractivity (Wildman–Crippen MR) is 94.6 cm³/mol. The van der Waals surface area contributed by atoms with Gasteiger partial charge in [-0.15, -0.1) is 10.2 Å². The predicted octanol–water partition coefficient (Wildman–Crippen LogP) is 4.98. The van der Waals surface area contributed by atoms with Gasteiger partial charge in [0.05, 0.1) is 15.9 Å². The SMILES string of the molecule is CC(=O)c1ccc2nc(/N=N/c3ccc(N(C)C)cc3)sc2c1. The molecule has 1 aromatic heterocycles. The molecule has 0 saturated carbocycles. The van der Waals surface area contributed by atoms with E-state index in [2.05, 4.69) is 15.2 Å². The average Bonchev–Trinajstić information content (AvgIpc) is 2.95. The number of carbonyl (C=O) groups excluding carboxylic acids is 1. The highest BCUT2D eigenvalue weighted by molar-refractivity contribution is 7.21. The molecule has 0 unspecified atom stereocenters. The number of benzene rings is 2. The monoisotopic (exact) mass is 324 g/mol. The Hall–Kier alpha value is -2.60. The highest BCUT2D eigenvalue weighted by Gasteiger charge is 2.06. The van der Waals surface area contributed by atoms with Gasteiger partial charge in [-0.3, -0.25) is 4.79 Å². The number of carbonyl (C=O) groups is 1. The van der Waals surface area contributed by atoms with Gasteiger partial charge in [-0.25, -0.2) is 4.98 Å². The number of nitrogens with zero attached hydrogens (tertiary/aromatic N) is 4. The van der Waals surface area contributed by atoms with Gasteiger partial charge >= 0.3 is 0 Å². The quantitative estimate of drug-likeness (QED) is 0.502. The Kier molecular flexibility index (Phi) is 4.16. The largest absolute Gasteiger partial charge is 0.378 e. The number of thiazole rings is 1. The molecule has 6 heteroatoms. The van der Waals surface area contributed by atoms with Crippen molar-refractivity contribution in [1.29, 1.82) is 0 Å². The average molecular weight is 324 g/mol. The first-order valence-electron chi connectivity index (χ1n) is 7.13. The van der Waals surface area contributed by atoms with Crippen molar-refractivity contribution in [2.75, 3.05) is 19.0 Å². The van der Waals surface area contributed by atoms with Crippen molar-refractivity contribution in [1.82, 2.24) is 4.98 Å². The van der Waals surface area contributed by atoms with E-state index in [1.54, 1.807) is 13.0 Å². The third-order valence-electron chi connectivity index (χ3n) is 3.40. The van der Waals surface area contributed by atoms with E-state index in [1.165, 1.54) is 11.3 Å². The van der Waals surface area contributed by atoms with Gasteiger partial charge in [-0.1, -0.05) is 11.3 Å². The zero-order chi connectivity index (χ0) is 16.4. The van der Waals surface area contributed by atoms with Crippen LogP contribution in [0.25, 0.3) is 10.2 Å². The molecule has 0 aliphatic carbocycles. The lowest BCUT2D eigenvalue weighted by Crippen LogP contribution is -2.07. The zero-order valence-corrected chi connectivity index (χ0v) is 14.0. The van der Waals surface area contributed by atoms with E-state index >= 15 is 0 Å². The lowest BCUT2D eigenvalue weighted by molar-refractivity contribution is 0.101. The first kappa shape index (κ1) is 15.3. The maximum atomic E-state index is 11.4. The van der Waals surface area contributed by atoms with E-state index in [1.807, 2.05) is 55.4 Å². The first-order valence-corrected chi connectivity index (χ1v) is 7.95. The van der Waals surface area contributed by atoms with Gasteiger partial charge in [0.1, 0.15) is 0 Å². The number of azo groups is 1. The second-order valence-electron chi connectivity index (χ2n) is 5.35. The van der Waals surface area contributed by atoms with Crippen LogP contribution in [-0.2, 0) is 0 Å². The zero-order valence-electron chi connectivity index (χ0n) is 13.1.